The van der Waals surface area contributed by atoms with Crippen molar-refractivity contribution in [3.05, 3.63) is 63.7 Å². The highest BCUT2D eigenvalue weighted by atomic mass is 35.5. The highest BCUT2D eigenvalue weighted by Gasteiger charge is 2.05. The number of ether oxygens (including phenoxy) is 1. The third kappa shape index (κ3) is 2.85. The van der Waals surface area contributed by atoms with Crippen LogP contribution in [0.25, 0.3) is 0 Å². The molecule has 0 unspecified atom stereocenters. The summed E-state index contributed by atoms with van der Waals surface area (Å²) in [6.07, 6.45) is 0. The van der Waals surface area contributed by atoms with Crippen LogP contribution in [0, 0.1) is 20.8 Å². The summed E-state index contributed by atoms with van der Waals surface area (Å²) < 4.78 is 5.81. The van der Waals surface area contributed by atoms with Crippen LogP contribution in [-0.2, 0) is 6.61 Å². The molecule has 2 aromatic rings. The van der Waals surface area contributed by atoms with Crippen molar-refractivity contribution < 1.29 is 4.74 Å². The second-order valence-electron chi connectivity index (χ2n) is 4.58. The molecule has 0 heterocycles. The van der Waals surface area contributed by atoms with Gasteiger partial charge in [0.25, 0.3) is 0 Å². The Morgan fingerprint density at radius 3 is 2.33 bits per heavy atom. The third-order valence-corrected chi connectivity index (χ3v) is 3.49. The second kappa shape index (κ2) is 5.45. The van der Waals surface area contributed by atoms with Crippen molar-refractivity contribution >= 4 is 11.6 Å². The first kappa shape index (κ1) is 13.0. The van der Waals surface area contributed by atoms with Crippen molar-refractivity contribution in [1.82, 2.24) is 0 Å². The number of hydrogen-bond donors (Lipinski definition) is 0. The van der Waals surface area contributed by atoms with Crippen LogP contribution >= 0.6 is 11.6 Å². The fourth-order valence-electron chi connectivity index (χ4n) is 1.79. The monoisotopic (exact) mass is 260 g/mol. The van der Waals surface area contributed by atoms with E-state index in [1.165, 1.54) is 22.3 Å². The van der Waals surface area contributed by atoms with E-state index in [9.17, 15) is 0 Å². The molecule has 2 aromatic carbocycles. The van der Waals surface area contributed by atoms with E-state index in [-0.39, 0.29) is 0 Å². The van der Waals surface area contributed by atoms with E-state index in [1.807, 2.05) is 31.2 Å². The summed E-state index contributed by atoms with van der Waals surface area (Å²) in [7, 11) is 0. The van der Waals surface area contributed by atoms with Crippen LogP contribution in [0.2, 0.25) is 5.02 Å². The summed E-state index contributed by atoms with van der Waals surface area (Å²) >= 11 is 6.18. The van der Waals surface area contributed by atoms with Gasteiger partial charge in [-0.2, -0.15) is 0 Å². The number of aryl methyl sites for hydroxylation is 3. The molecule has 0 spiro atoms. The van der Waals surface area contributed by atoms with Crippen LogP contribution in [0.5, 0.6) is 5.75 Å². The Labute approximate surface area is 113 Å². The van der Waals surface area contributed by atoms with E-state index in [2.05, 4.69) is 26.0 Å². The predicted octanol–water partition coefficient (Wildman–Crippen LogP) is 4.84. The van der Waals surface area contributed by atoms with E-state index in [0.29, 0.717) is 11.6 Å². The molecule has 2 heteroatoms. The van der Waals surface area contributed by atoms with Crippen molar-refractivity contribution in [2.45, 2.75) is 27.4 Å². The van der Waals surface area contributed by atoms with Crippen molar-refractivity contribution in [1.29, 1.82) is 0 Å². The minimum atomic E-state index is 0.550. The highest BCUT2D eigenvalue weighted by Crippen LogP contribution is 2.28. The largest absolute Gasteiger partial charge is 0.487 e. The van der Waals surface area contributed by atoms with Crippen molar-refractivity contribution in [3.8, 4) is 5.75 Å². The molecule has 0 aromatic heterocycles. The second-order valence-corrected chi connectivity index (χ2v) is 4.99. The predicted molar refractivity (Wildman–Crippen MR) is 76.4 cm³/mol. The first-order chi connectivity index (χ1) is 8.58. The average molecular weight is 261 g/mol. The average Bonchev–Trinajstić information content (AvgIpc) is 2.34. The van der Waals surface area contributed by atoms with Gasteiger partial charge in [0, 0.05) is 0 Å². The Bertz CT molecular complexity index is 561. The molecule has 0 bridgehead atoms. The quantitative estimate of drug-likeness (QED) is 0.767. The van der Waals surface area contributed by atoms with Gasteiger partial charge in [0.1, 0.15) is 12.4 Å². The molecular weight excluding hydrogens is 244 g/mol. The topological polar surface area (TPSA) is 9.23 Å². The Balaban J connectivity index is 2.16. The van der Waals surface area contributed by atoms with Crippen LogP contribution in [0.3, 0.4) is 0 Å². The molecule has 0 aliphatic heterocycles. The van der Waals surface area contributed by atoms with Gasteiger partial charge in [-0.1, -0.05) is 35.9 Å². The SMILES string of the molecule is Cc1cc(Cl)c(OCc2ccccc2C)cc1C. The van der Waals surface area contributed by atoms with Crippen LogP contribution in [-0.4, -0.2) is 0 Å². The Morgan fingerprint density at radius 2 is 1.61 bits per heavy atom. The normalized spacial score (nSPS) is 10.4. The first-order valence-electron chi connectivity index (χ1n) is 6.02. The molecule has 0 atom stereocenters. The fraction of sp³-hybridized carbons (Fsp3) is 0.250. The lowest BCUT2D eigenvalue weighted by Crippen LogP contribution is -1.98. The van der Waals surface area contributed by atoms with Gasteiger partial charge in [0.15, 0.2) is 0 Å². The van der Waals surface area contributed by atoms with Crippen molar-refractivity contribution in [2.75, 3.05) is 0 Å². The molecule has 0 N–H and O–H groups in total. The lowest BCUT2D eigenvalue weighted by molar-refractivity contribution is 0.305. The van der Waals surface area contributed by atoms with Crippen molar-refractivity contribution in [3.63, 3.8) is 0 Å². The minimum absolute atomic E-state index is 0.550. The number of benzene rings is 2. The Hall–Kier alpha value is -1.47. The van der Waals surface area contributed by atoms with E-state index < -0.39 is 0 Å². The number of rotatable bonds is 3. The van der Waals surface area contributed by atoms with Gasteiger partial charge in [-0.05, 0) is 55.2 Å². The summed E-state index contributed by atoms with van der Waals surface area (Å²) in [5.41, 5.74) is 4.80. The smallest absolute Gasteiger partial charge is 0.138 e. The van der Waals surface area contributed by atoms with Crippen LogP contribution in [0.15, 0.2) is 36.4 Å². The third-order valence-electron chi connectivity index (χ3n) is 3.19. The first-order valence-corrected chi connectivity index (χ1v) is 6.40. The van der Waals surface area contributed by atoms with Crippen LogP contribution < -0.4 is 4.74 Å². The molecule has 0 saturated heterocycles. The van der Waals surface area contributed by atoms with Gasteiger partial charge < -0.3 is 4.74 Å². The minimum Gasteiger partial charge on any atom is -0.487 e. The maximum Gasteiger partial charge on any atom is 0.138 e. The summed E-state index contributed by atoms with van der Waals surface area (Å²) in [5, 5.41) is 0.673. The van der Waals surface area contributed by atoms with E-state index >= 15 is 0 Å². The molecule has 18 heavy (non-hydrogen) atoms. The van der Waals surface area contributed by atoms with E-state index in [0.717, 1.165) is 5.75 Å². The molecule has 94 valence electrons. The molecule has 2 rings (SSSR count). The van der Waals surface area contributed by atoms with Gasteiger partial charge in [0.2, 0.25) is 0 Å². The maximum absolute atomic E-state index is 6.18. The van der Waals surface area contributed by atoms with Gasteiger partial charge in [-0.3, -0.25) is 0 Å². The molecule has 0 aliphatic carbocycles. The van der Waals surface area contributed by atoms with Gasteiger partial charge in [-0.25, -0.2) is 0 Å². The molecule has 0 amide bonds. The molecule has 0 aliphatic rings. The van der Waals surface area contributed by atoms with Crippen molar-refractivity contribution in [2.24, 2.45) is 0 Å². The molecule has 0 saturated carbocycles. The summed E-state index contributed by atoms with van der Waals surface area (Å²) in [6, 6.07) is 12.2. The molecular formula is C16H17ClO. The number of halogens is 1. The highest BCUT2D eigenvalue weighted by molar-refractivity contribution is 6.32. The number of hydrogen-bond acceptors (Lipinski definition) is 1. The zero-order valence-corrected chi connectivity index (χ0v) is 11.7. The van der Waals surface area contributed by atoms with Gasteiger partial charge in [-0.15, -0.1) is 0 Å². The maximum atomic E-state index is 6.18. The fourth-order valence-corrected chi connectivity index (χ4v) is 2.07. The molecule has 0 fully saturated rings. The zero-order chi connectivity index (χ0) is 13.1. The van der Waals surface area contributed by atoms with Crippen LogP contribution in [0.4, 0.5) is 0 Å². The Morgan fingerprint density at radius 1 is 0.944 bits per heavy atom. The summed E-state index contributed by atoms with van der Waals surface area (Å²) in [5.74, 6) is 0.753. The lowest BCUT2D eigenvalue weighted by atomic mass is 10.1. The molecule has 0 radical (unpaired) electrons. The Kier molecular flexibility index (Phi) is 3.93. The standard InChI is InChI=1S/C16H17ClO/c1-11-6-4-5-7-14(11)10-18-16-9-13(3)12(2)8-15(16)17/h4-9H,10H2,1-3H3. The van der Waals surface area contributed by atoms with E-state index in [4.69, 9.17) is 16.3 Å². The molecule has 1 nitrogen and oxygen atoms in total. The lowest BCUT2D eigenvalue weighted by Gasteiger charge is -2.12. The van der Waals surface area contributed by atoms with Gasteiger partial charge >= 0.3 is 0 Å². The summed E-state index contributed by atoms with van der Waals surface area (Å²) in [4.78, 5) is 0. The van der Waals surface area contributed by atoms with Crippen LogP contribution in [0.1, 0.15) is 22.3 Å². The summed E-state index contributed by atoms with van der Waals surface area (Å²) in [6.45, 7) is 6.74. The van der Waals surface area contributed by atoms with Gasteiger partial charge in [0.05, 0.1) is 5.02 Å². The van der Waals surface area contributed by atoms with E-state index in [1.54, 1.807) is 0 Å². The zero-order valence-electron chi connectivity index (χ0n) is 11.0.